The van der Waals surface area contributed by atoms with E-state index in [4.69, 9.17) is 10.1 Å². The lowest BCUT2D eigenvalue weighted by molar-refractivity contribution is 0.446. The van der Waals surface area contributed by atoms with E-state index in [2.05, 4.69) is 145 Å². The Balaban J connectivity index is 1.47. The third-order valence-corrected chi connectivity index (χ3v) is 9.06. The third kappa shape index (κ3) is 5.91. The van der Waals surface area contributed by atoms with Crippen molar-refractivity contribution < 1.29 is 5.11 Å². The number of aromatic hydroxyl groups is 1. The summed E-state index contributed by atoms with van der Waals surface area (Å²) in [6.45, 7) is 13.1. The van der Waals surface area contributed by atoms with Gasteiger partial charge in [0.1, 0.15) is 11.4 Å². The van der Waals surface area contributed by atoms with Gasteiger partial charge in [0.15, 0.2) is 0 Å². The minimum absolute atomic E-state index is 0.110. The van der Waals surface area contributed by atoms with Crippen LogP contribution in [0.1, 0.15) is 52.7 Å². The molecule has 0 aliphatic rings. The lowest BCUT2D eigenvalue weighted by Gasteiger charge is -2.27. The molecule has 0 unspecified atom stereocenters. The molecular formula is C44H41N3O. The molecular weight excluding hydrogens is 587 g/mol. The van der Waals surface area contributed by atoms with Gasteiger partial charge in [-0.3, -0.25) is 4.98 Å². The van der Waals surface area contributed by atoms with Crippen LogP contribution in [0.5, 0.6) is 5.75 Å². The number of hydrogen-bond donors (Lipinski definition) is 1. The van der Waals surface area contributed by atoms with Crippen molar-refractivity contribution in [2.75, 3.05) is 0 Å². The number of hydrogen-bond acceptors (Lipinski definition) is 3. The molecule has 0 amide bonds. The summed E-state index contributed by atoms with van der Waals surface area (Å²) in [5, 5.41) is 18.1. The Morgan fingerprint density at radius 1 is 0.562 bits per heavy atom. The Kier molecular flexibility index (Phi) is 7.75. The van der Waals surface area contributed by atoms with Crippen molar-refractivity contribution in [1.29, 1.82) is 0 Å². The van der Waals surface area contributed by atoms with Crippen LogP contribution in [-0.4, -0.2) is 19.9 Å². The second kappa shape index (κ2) is 12.0. The molecule has 0 aliphatic carbocycles. The van der Waals surface area contributed by atoms with Gasteiger partial charge < -0.3 is 5.11 Å². The molecule has 5 aromatic carbocycles. The van der Waals surface area contributed by atoms with Gasteiger partial charge in [0.25, 0.3) is 0 Å². The van der Waals surface area contributed by atoms with E-state index in [-0.39, 0.29) is 16.6 Å². The molecule has 4 nitrogen and oxygen atoms in total. The Labute approximate surface area is 283 Å². The molecule has 7 rings (SSSR count). The number of fused-ring (bicyclic) bond motifs is 1. The van der Waals surface area contributed by atoms with Gasteiger partial charge in [0, 0.05) is 28.3 Å². The summed E-state index contributed by atoms with van der Waals surface area (Å²) in [6.07, 6.45) is 1.88. The number of phenolic OH excluding ortho intramolecular Hbond substituents is 1. The highest BCUT2D eigenvalue weighted by molar-refractivity contribution is 5.96. The van der Waals surface area contributed by atoms with Crippen molar-refractivity contribution in [3.05, 3.63) is 145 Å². The van der Waals surface area contributed by atoms with E-state index in [0.29, 0.717) is 0 Å². The average Bonchev–Trinajstić information content (AvgIpc) is 3.47. The summed E-state index contributed by atoms with van der Waals surface area (Å²) in [7, 11) is 0. The predicted octanol–water partition coefficient (Wildman–Crippen LogP) is 11.4. The van der Waals surface area contributed by atoms with Gasteiger partial charge in [-0.1, -0.05) is 126 Å². The van der Waals surface area contributed by atoms with Crippen molar-refractivity contribution in [3.8, 4) is 56.2 Å². The molecule has 0 spiro atoms. The van der Waals surface area contributed by atoms with E-state index in [1.54, 1.807) is 0 Å². The summed E-state index contributed by atoms with van der Waals surface area (Å²) in [5.41, 5.74) is 11.4. The molecule has 238 valence electrons. The largest absolute Gasteiger partial charge is 0.507 e. The molecule has 0 bridgehead atoms. The summed E-state index contributed by atoms with van der Waals surface area (Å²) in [6, 6.07) is 44.2. The highest BCUT2D eigenvalue weighted by Crippen LogP contribution is 2.44. The van der Waals surface area contributed by atoms with E-state index >= 15 is 0 Å². The topological polar surface area (TPSA) is 50.9 Å². The fourth-order valence-electron chi connectivity index (χ4n) is 6.36. The molecule has 0 radical (unpaired) electrons. The fraction of sp³-hybridized carbons (Fsp3) is 0.182. The number of pyridine rings is 1. The van der Waals surface area contributed by atoms with E-state index in [1.807, 2.05) is 35.1 Å². The monoisotopic (exact) mass is 627 g/mol. The molecule has 0 saturated carbocycles. The maximum absolute atomic E-state index is 11.9. The summed E-state index contributed by atoms with van der Waals surface area (Å²) >= 11 is 0. The molecule has 4 heteroatoms. The first kappa shape index (κ1) is 31.1. The zero-order chi connectivity index (χ0) is 33.6. The molecule has 7 aromatic rings. The molecule has 0 saturated heterocycles. The second-order valence-electron chi connectivity index (χ2n) is 14.6. The van der Waals surface area contributed by atoms with Crippen molar-refractivity contribution in [1.82, 2.24) is 14.8 Å². The Hall–Kier alpha value is -5.48. The van der Waals surface area contributed by atoms with Gasteiger partial charge in [-0.2, -0.15) is 5.10 Å². The number of rotatable bonds is 5. The van der Waals surface area contributed by atoms with Crippen LogP contribution in [0.3, 0.4) is 0 Å². The highest BCUT2D eigenvalue weighted by atomic mass is 16.3. The van der Waals surface area contributed by atoms with Crippen LogP contribution in [0.25, 0.3) is 61.4 Å². The zero-order valence-corrected chi connectivity index (χ0v) is 28.5. The Bertz CT molecular complexity index is 2250. The number of phenols is 1. The van der Waals surface area contributed by atoms with Crippen molar-refractivity contribution >= 4 is 10.9 Å². The van der Waals surface area contributed by atoms with Crippen molar-refractivity contribution in [3.63, 3.8) is 0 Å². The third-order valence-electron chi connectivity index (χ3n) is 9.06. The Morgan fingerprint density at radius 2 is 1.19 bits per heavy atom. The molecule has 0 fully saturated rings. The Morgan fingerprint density at radius 3 is 1.85 bits per heavy atom. The van der Waals surface area contributed by atoms with E-state index in [9.17, 15) is 5.11 Å². The quantitative estimate of drug-likeness (QED) is 0.207. The van der Waals surface area contributed by atoms with E-state index in [1.165, 1.54) is 0 Å². The van der Waals surface area contributed by atoms with Gasteiger partial charge in [0.05, 0.1) is 16.9 Å². The van der Waals surface area contributed by atoms with Crippen molar-refractivity contribution in [2.45, 2.75) is 52.4 Å². The van der Waals surface area contributed by atoms with Crippen LogP contribution in [0.4, 0.5) is 0 Å². The smallest absolute Gasteiger partial charge is 0.128 e. The summed E-state index contributed by atoms with van der Waals surface area (Å²) in [4.78, 5) is 4.83. The zero-order valence-electron chi connectivity index (χ0n) is 28.5. The van der Waals surface area contributed by atoms with E-state index < -0.39 is 0 Å². The minimum atomic E-state index is -0.251. The average molecular weight is 628 g/mol. The maximum atomic E-state index is 11.9. The van der Waals surface area contributed by atoms with Gasteiger partial charge in [-0.05, 0) is 81.1 Å². The van der Waals surface area contributed by atoms with Gasteiger partial charge in [-0.15, -0.1) is 0 Å². The van der Waals surface area contributed by atoms with Crippen LogP contribution < -0.4 is 0 Å². The first-order valence-electron chi connectivity index (χ1n) is 16.6. The SMILES string of the molecule is CC(C)(C)c1cc(-c2nn(-c3cc(-c4ccccc4)cc(-c4cc(-c5ccccc5)ccn4)c3)c3ccccc23)c(O)c(C(C)(C)C)c1. The molecule has 2 heterocycles. The molecule has 1 N–H and O–H groups in total. The van der Waals surface area contributed by atoms with Gasteiger partial charge in [0.2, 0.25) is 0 Å². The van der Waals surface area contributed by atoms with Gasteiger partial charge >= 0.3 is 0 Å². The molecule has 2 aromatic heterocycles. The normalized spacial score (nSPS) is 12.0. The van der Waals surface area contributed by atoms with Crippen molar-refractivity contribution in [2.24, 2.45) is 0 Å². The number of benzene rings is 5. The maximum Gasteiger partial charge on any atom is 0.128 e. The summed E-state index contributed by atoms with van der Waals surface area (Å²) < 4.78 is 2.02. The number of nitrogens with zero attached hydrogens (tertiary/aromatic N) is 3. The molecule has 0 aliphatic heterocycles. The second-order valence-corrected chi connectivity index (χ2v) is 14.6. The molecule has 0 atom stereocenters. The summed E-state index contributed by atoms with van der Waals surface area (Å²) in [5.74, 6) is 0.284. The lowest BCUT2D eigenvalue weighted by Crippen LogP contribution is -2.17. The lowest BCUT2D eigenvalue weighted by atomic mass is 9.78. The van der Waals surface area contributed by atoms with Crippen LogP contribution in [0.2, 0.25) is 0 Å². The fourth-order valence-corrected chi connectivity index (χ4v) is 6.36. The first-order valence-corrected chi connectivity index (χ1v) is 16.6. The van der Waals surface area contributed by atoms with Crippen LogP contribution in [0, 0.1) is 0 Å². The highest BCUT2D eigenvalue weighted by Gasteiger charge is 2.27. The van der Waals surface area contributed by atoms with Crippen LogP contribution in [0.15, 0.2) is 134 Å². The van der Waals surface area contributed by atoms with Gasteiger partial charge in [-0.25, -0.2) is 4.68 Å². The predicted molar refractivity (Wildman–Crippen MR) is 200 cm³/mol. The van der Waals surface area contributed by atoms with E-state index in [0.717, 1.165) is 72.5 Å². The number of para-hydroxylation sites is 1. The van der Waals surface area contributed by atoms with Crippen LogP contribution >= 0.6 is 0 Å². The first-order chi connectivity index (χ1) is 23.0. The minimum Gasteiger partial charge on any atom is -0.507 e. The standard InChI is InChI=1S/C44H41N3O/c1-43(2,3)34-27-37(42(48)38(28-34)44(4,5)6)41-36-19-13-14-20-40(36)47(46-41)35-24-32(30-17-11-8-12-18-30)23-33(25-35)39-26-31(21-22-45-39)29-15-9-7-10-16-29/h7-28,48H,1-6H3. The molecule has 48 heavy (non-hydrogen) atoms. The van der Waals surface area contributed by atoms with Crippen LogP contribution in [-0.2, 0) is 10.8 Å². The number of aromatic nitrogens is 3.